The van der Waals surface area contributed by atoms with Crippen molar-refractivity contribution < 1.29 is 13.2 Å². The Hall–Kier alpha value is -2.60. The molecule has 1 aromatic heterocycles. The third-order valence-electron chi connectivity index (χ3n) is 4.80. The zero-order valence-corrected chi connectivity index (χ0v) is 15.8. The van der Waals surface area contributed by atoms with Crippen molar-refractivity contribution in [2.24, 2.45) is 0 Å². The molecular weight excluding hydrogens is 348 g/mol. The predicted octanol–water partition coefficient (Wildman–Crippen LogP) is 3.61. The zero-order valence-electron chi connectivity index (χ0n) is 15.0. The van der Waals surface area contributed by atoms with Crippen molar-refractivity contribution in [2.45, 2.75) is 25.2 Å². The van der Waals surface area contributed by atoms with Crippen LogP contribution in [0, 0.1) is 13.8 Å². The van der Waals surface area contributed by atoms with Gasteiger partial charge in [0.2, 0.25) is 0 Å². The third kappa shape index (κ3) is 2.61. The van der Waals surface area contributed by atoms with Gasteiger partial charge in [-0.15, -0.1) is 0 Å². The van der Waals surface area contributed by atoms with Gasteiger partial charge in [-0.1, -0.05) is 12.1 Å². The molecule has 2 aromatic carbocycles. The molecule has 2 heterocycles. The van der Waals surface area contributed by atoms with Gasteiger partial charge in [-0.25, -0.2) is 17.7 Å². The van der Waals surface area contributed by atoms with Gasteiger partial charge < -0.3 is 4.74 Å². The van der Waals surface area contributed by atoms with Gasteiger partial charge in [0, 0.05) is 11.9 Å². The number of fused-ring (bicyclic) bond motifs is 2. The minimum atomic E-state index is -3.67. The van der Waals surface area contributed by atoms with Crippen LogP contribution in [0.25, 0.3) is 10.9 Å². The number of ether oxygens (including phenoxy) is 1. The second-order valence-corrected chi connectivity index (χ2v) is 8.46. The van der Waals surface area contributed by atoms with Gasteiger partial charge in [0.15, 0.2) is 0 Å². The monoisotopic (exact) mass is 368 g/mol. The molecule has 0 saturated carbocycles. The van der Waals surface area contributed by atoms with Crippen molar-refractivity contribution in [2.75, 3.05) is 18.0 Å². The highest BCUT2D eigenvalue weighted by molar-refractivity contribution is 7.92. The Balaban J connectivity index is 1.83. The zero-order chi connectivity index (χ0) is 18.5. The van der Waals surface area contributed by atoms with E-state index in [4.69, 9.17) is 4.74 Å². The number of rotatable bonds is 3. The maximum atomic E-state index is 13.3. The van der Waals surface area contributed by atoms with Crippen LogP contribution in [-0.2, 0) is 16.4 Å². The van der Waals surface area contributed by atoms with Gasteiger partial charge >= 0.3 is 0 Å². The molecule has 4 rings (SSSR count). The molecule has 0 bridgehead atoms. The van der Waals surface area contributed by atoms with E-state index in [0.717, 1.165) is 22.0 Å². The predicted molar refractivity (Wildman–Crippen MR) is 102 cm³/mol. The van der Waals surface area contributed by atoms with E-state index in [9.17, 15) is 8.42 Å². The van der Waals surface area contributed by atoms with E-state index < -0.39 is 10.0 Å². The number of hydrogen-bond acceptors (Lipinski definition) is 4. The fraction of sp³-hybridized carbons (Fsp3) is 0.250. The summed E-state index contributed by atoms with van der Waals surface area (Å²) in [6, 6.07) is 13.1. The van der Waals surface area contributed by atoms with E-state index in [1.165, 1.54) is 4.31 Å². The van der Waals surface area contributed by atoms with Crippen molar-refractivity contribution in [3.05, 3.63) is 59.2 Å². The second-order valence-electron chi connectivity index (χ2n) is 6.63. The number of hydrogen-bond donors (Lipinski definition) is 0. The molecule has 0 aliphatic carbocycles. The lowest BCUT2D eigenvalue weighted by molar-refractivity contribution is 0.414. The van der Waals surface area contributed by atoms with Crippen LogP contribution in [0.2, 0.25) is 0 Å². The van der Waals surface area contributed by atoms with Crippen LogP contribution in [0.4, 0.5) is 5.82 Å². The molecule has 0 saturated heterocycles. The first-order valence-corrected chi connectivity index (χ1v) is 9.92. The lowest BCUT2D eigenvalue weighted by Crippen LogP contribution is -2.30. The van der Waals surface area contributed by atoms with E-state index in [2.05, 4.69) is 4.98 Å². The molecule has 134 valence electrons. The molecule has 0 spiro atoms. The second kappa shape index (κ2) is 5.99. The maximum Gasteiger partial charge on any atom is 0.265 e. The summed E-state index contributed by atoms with van der Waals surface area (Å²) in [5, 5.41) is 1.04. The molecule has 26 heavy (non-hydrogen) atoms. The summed E-state index contributed by atoms with van der Waals surface area (Å²) in [7, 11) is -2.11. The quantitative estimate of drug-likeness (QED) is 0.709. The van der Waals surface area contributed by atoms with Gasteiger partial charge in [0.25, 0.3) is 10.0 Å². The van der Waals surface area contributed by atoms with E-state index in [1.54, 1.807) is 32.2 Å². The molecule has 0 amide bonds. The Morgan fingerprint density at radius 3 is 2.62 bits per heavy atom. The van der Waals surface area contributed by atoms with Crippen molar-refractivity contribution >= 4 is 26.7 Å². The molecule has 0 N–H and O–H groups in total. The lowest BCUT2D eigenvalue weighted by Gasteiger charge is -2.20. The standard InChI is InChI=1S/C20H20N2O3S/c1-13-4-5-15-12-16-8-9-22(20(16)21-18(15)10-13)26(23,24)19-7-6-17(25-3)11-14(19)2/h4-7,10-12H,8-9H2,1-3H3. The van der Waals surface area contributed by atoms with Crippen LogP contribution in [0.5, 0.6) is 5.75 Å². The molecule has 1 aliphatic heterocycles. The Morgan fingerprint density at radius 2 is 1.88 bits per heavy atom. The first kappa shape index (κ1) is 16.8. The molecule has 5 nitrogen and oxygen atoms in total. The molecule has 1 aliphatic rings. The third-order valence-corrected chi connectivity index (χ3v) is 6.75. The van der Waals surface area contributed by atoms with Gasteiger partial charge in [0.1, 0.15) is 11.6 Å². The molecule has 0 fully saturated rings. The van der Waals surface area contributed by atoms with Crippen molar-refractivity contribution in [3.63, 3.8) is 0 Å². The van der Waals surface area contributed by atoms with Gasteiger partial charge in [0.05, 0.1) is 17.5 Å². The SMILES string of the molecule is COc1ccc(S(=O)(=O)N2CCc3cc4ccc(C)cc4nc32)c(C)c1. The number of nitrogens with zero attached hydrogens (tertiary/aromatic N) is 2. The van der Waals surface area contributed by atoms with Crippen LogP contribution >= 0.6 is 0 Å². The van der Waals surface area contributed by atoms with Crippen molar-refractivity contribution in [1.82, 2.24) is 4.98 Å². The number of aromatic nitrogens is 1. The van der Waals surface area contributed by atoms with Gasteiger partial charge in [-0.2, -0.15) is 0 Å². The van der Waals surface area contributed by atoms with Crippen LogP contribution in [0.1, 0.15) is 16.7 Å². The number of benzene rings is 2. The van der Waals surface area contributed by atoms with Gasteiger partial charge in [-0.3, -0.25) is 0 Å². The number of sulfonamides is 1. The Kier molecular flexibility index (Phi) is 3.88. The van der Waals surface area contributed by atoms with E-state index in [1.807, 2.05) is 31.2 Å². The molecular formula is C20H20N2O3S. The molecule has 0 radical (unpaired) electrons. The topological polar surface area (TPSA) is 59.5 Å². The Morgan fingerprint density at radius 1 is 1.08 bits per heavy atom. The molecule has 0 atom stereocenters. The average molecular weight is 368 g/mol. The summed E-state index contributed by atoms with van der Waals surface area (Å²) in [6.07, 6.45) is 0.667. The molecule has 0 unspecified atom stereocenters. The highest BCUT2D eigenvalue weighted by atomic mass is 32.2. The summed E-state index contributed by atoms with van der Waals surface area (Å²) in [5.41, 5.74) is 3.55. The number of methoxy groups -OCH3 is 1. The summed E-state index contributed by atoms with van der Waals surface area (Å²) >= 11 is 0. The highest BCUT2D eigenvalue weighted by Gasteiger charge is 2.33. The molecule has 3 aromatic rings. The first-order valence-electron chi connectivity index (χ1n) is 8.48. The largest absolute Gasteiger partial charge is 0.497 e. The Bertz CT molecular complexity index is 1120. The summed E-state index contributed by atoms with van der Waals surface area (Å²) in [5.74, 6) is 1.18. The summed E-state index contributed by atoms with van der Waals surface area (Å²) in [4.78, 5) is 4.96. The normalized spacial score (nSPS) is 13.9. The summed E-state index contributed by atoms with van der Waals surface area (Å²) < 4.78 is 33.1. The van der Waals surface area contributed by atoms with E-state index in [-0.39, 0.29) is 4.90 Å². The first-order chi connectivity index (χ1) is 12.4. The van der Waals surface area contributed by atoms with E-state index >= 15 is 0 Å². The maximum absolute atomic E-state index is 13.3. The number of pyridine rings is 1. The van der Waals surface area contributed by atoms with E-state index in [0.29, 0.717) is 30.1 Å². The highest BCUT2D eigenvalue weighted by Crippen LogP contribution is 2.35. The lowest BCUT2D eigenvalue weighted by atomic mass is 10.1. The van der Waals surface area contributed by atoms with Crippen LogP contribution in [0.3, 0.4) is 0 Å². The minimum absolute atomic E-state index is 0.289. The van der Waals surface area contributed by atoms with Crippen LogP contribution in [-0.4, -0.2) is 27.1 Å². The average Bonchev–Trinajstić information content (AvgIpc) is 3.02. The van der Waals surface area contributed by atoms with Crippen LogP contribution < -0.4 is 9.04 Å². The minimum Gasteiger partial charge on any atom is -0.497 e. The number of anilines is 1. The van der Waals surface area contributed by atoms with Crippen molar-refractivity contribution in [3.8, 4) is 5.75 Å². The van der Waals surface area contributed by atoms with Crippen LogP contribution in [0.15, 0.2) is 47.4 Å². The van der Waals surface area contributed by atoms with Crippen molar-refractivity contribution in [1.29, 1.82) is 0 Å². The fourth-order valence-electron chi connectivity index (χ4n) is 3.43. The summed E-state index contributed by atoms with van der Waals surface area (Å²) in [6.45, 7) is 4.19. The Labute approximate surface area is 153 Å². The number of aryl methyl sites for hydroxylation is 2. The molecule has 6 heteroatoms. The van der Waals surface area contributed by atoms with Gasteiger partial charge in [-0.05, 0) is 67.3 Å². The smallest absolute Gasteiger partial charge is 0.265 e. The fourth-order valence-corrected chi connectivity index (χ4v) is 5.09.